The fourth-order valence-corrected chi connectivity index (χ4v) is 2.97. The second kappa shape index (κ2) is 6.51. The molecule has 2 aromatic heterocycles. The van der Waals surface area contributed by atoms with Gasteiger partial charge in [0.1, 0.15) is 17.7 Å². The van der Waals surface area contributed by atoms with Crippen molar-refractivity contribution in [3.63, 3.8) is 0 Å². The highest BCUT2D eigenvalue weighted by molar-refractivity contribution is 5.71. The Labute approximate surface area is 147 Å². The van der Waals surface area contributed by atoms with E-state index in [1.54, 1.807) is 30.9 Å². The topological polar surface area (TPSA) is 64.1 Å². The van der Waals surface area contributed by atoms with E-state index in [2.05, 4.69) is 15.3 Å². The molecule has 0 bridgehead atoms. The van der Waals surface area contributed by atoms with Crippen LogP contribution < -0.4 is 5.32 Å². The van der Waals surface area contributed by atoms with Crippen LogP contribution in [0.2, 0.25) is 0 Å². The first-order valence-corrected chi connectivity index (χ1v) is 7.89. The van der Waals surface area contributed by atoms with Crippen LogP contribution in [0.15, 0.2) is 61.2 Å². The van der Waals surface area contributed by atoms with E-state index in [1.807, 2.05) is 12.1 Å². The van der Waals surface area contributed by atoms with E-state index in [-0.39, 0.29) is 5.56 Å². The molecule has 3 heterocycles. The summed E-state index contributed by atoms with van der Waals surface area (Å²) in [5.41, 5.74) is 2.22. The van der Waals surface area contributed by atoms with Crippen molar-refractivity contribution in [3.8, 4) is 11.1 Å². The minimum atomic E-state index is -0.996. The van der Waals surface area contributed by atoms with Gasteiger partial charge in [-0.2, -0.15) is 0 Å². The van der Waals surface area contributed by atoms with Crippen LogP contribution in [-0.4, -0.2) is 16.1 Å². The lowest BCUT2D eigenvalue weighted by molar-refractivity contribution is 0.130. The van der Waals surface area contributed by atoms with Crippen molar-refractivity contribution < 1.29 is 18.3 Å². The Morgan fingerprint density at radius 1 is 1.00 bits per heavy atom. The molecule has 1 fully saturated rings. The van der Waals surface area contributed by atoms with Crippen molar-refractivity contribution >= 4 is 6.09 Å². The second-order valence-electron chi connectivity index (χ2n) is 5.86. The maximum absolute atomic E-state index is 14.2. The predicted octanol–water partition coefficient (Wildman–Crippen LogP) is 3.94. The lowest BCUT2D eigenvalue weighted by Gasteiger charge is -2.18. The van der Waals surface area contributed by atoms with E-state index in [4.69, 9.17) is 4.74 Å². The highest BCUT2D eigenvalue weighted by atomic mass is 19.1. The highest BCUT2D eigenvalue weighted by Gasteiger charge is 2.38. The molecule has 1 amide bonds. The number of amides is 1. The summed E-state index contributed by atoms with van der Waals surface area (Å²) in [5, 5.41) is 2.64. The summed E-state index contributed by atoms with van der Waals surface area (Å²) in [5.74, 6) is -1.25. The number of hydrogen-bond donors (Lipinski definition) is 1. The van der Waals surface area contributed by atoms with Crippen molar-refractivity contribution in [3.05, 3.63) is 83.9 Å². The summed E-state index contributed by atoms with van der Waals surface area (Å²) >= 11 is 0. The average molecular weight is 353 g/mol. The van der Waals surface area contributed by atoms with E-state index in [1.165, 1.54) is 0 Å². The zero-order chi connectivity index (χ0) is 18.1. The Balaban J connectivity index is 1.74. The molecule has 1 N–H and O–H groups in total. The second-order valence-corrected chi connectivity index (χ2v) is 5.86. The number of cyclic esters (lactones) is 1. The van der Waals surface area contributed by atoms with Crippen molar-refractivity contribution in [1.29, 1.82) is 0 Å². The minimum Gasteiger partial charge on any atom is -0.439 e. The van der Waals surface area contributed by atoms with Crippen molar-refractivity contribution in [1.82, 2.24) is 15.3 Å². The largest absolute Gasteiger partial charge is 0.439 e. The van der Waals surface area contributed by atoms with Crippen LogP contribution >= 0.6 is 0 Å². The normalized spacial score (nSPS) is 19.1. The Bertz CT molecular complexity index is 966. The number of halogens is 2. The number of hydrogen-bond acceptors (Lipinski definition) is 4. The van der Waals surface area contributed by atoms with E-state index >= 15 is 0 Å². The molecule has 1 aliphatic heterocycles. The van der Waals surface area contributed by atoms with Gasteiger partial charge in [0.25, 0.3) is 0 Å². The molecule has 1 saturated heterocycles. The molecule has 0 aliphatic carbocycles. The van der Waals surface area contributed by atoms with Gasteiger partial charge in [-0.25, -0.2) is 13.6 Å². The fourth-order valence-electron chi connectivity index (χ4n) is 2.97. The number of ether oxygens (including phenoxy) is 1. The SMILES string of the molecule is O=C1N[C@H](c2cncc(-c3cccnc3)c2)[C@@H](c2cc(F)ccc2F)O1. The number of rotatable bonds is 3. The first-order chi connectivity index (χ1) is 12.6. The standard InChI is InChI=1S/C19H13F2N3O2/c20-14-3-4-16(21)15(7-14)18-17(24-19(25)26-18)13-6-12(9-23-10-13)11-2-1-5-22-8-11/h1-10,17-18H,(H,24,25)/t17-,18-/m1/s1. The minimum absolute atomic E-state index is 0.0277. The third-order valence-corrected chi connectivity index (χ3v) is 4.19. The molecule has 0 saturated carbocycles. The summed E-state index contributed by atoms with van der Waals surface area (Å²) in [6, 6.07) is 7.86. The van der Waals surface area contributed by atoms with Crippen LogP contribution in [0.1, 0.15) is 23.3 Å². The number of pyridine rings is 2. The maximum Gasteiger partial charge on any atom is 0.408 e. The van der Waals surface area contributed by atoms with Crippen LogP contribution in [0.3, 0.4) is 0 Å². The first-order valence-electron chi connectivity index (χ1n) is 7.89. The van der Waals surface area contributed by atoms with Crippen molar-refractivity contribution in [2.45, 2.75) is 12.1 Å². The van der Waals surface area contributed by atoms with Crippen LogP contribution in [0.5, 0.6) is 0 Å². The number of aromatic nitrogens is 2. The van der Waals surface area contributed by atoms with Crippen molar-refractivity contribution in [2.24, 2.45) is 0 Å². The van der Waals surface area contributed by atoms with E-state index in [0.717, 1.165) is 29.3 Å². The molecule has 0 unspecified atom stereocenters. The number of alkyl carbamates (subject to hydrolysis) is 1. The molecule has 3 aromatic rings. The van der Waals surface area contributed by atoms with Crippen LogP contribution in [-0.2, 0) is 4.74 Å². The molecule has 1 aromatic carbocycles. The van der Waals surface area contributed by atoms with Gasteiger partial charge < -0.3 is 10.1 Å². The van der Waals surface area contributed by atoms with Gasteiger partial charge in [0.05, 0.1) is 0 Å². The molecule has 130 valence electrons. The van der Waals surface area contributed by atoms with Gasteiger partial charge in [-0.1, -0.05) is 6.07 Å². The third-order valence-electron chi connectivity index (χ3n) is 4.19. The predicted molar refractivity (Wildman–Crippen MR) is 88.9 cm³/mol. The number of carbonyl (C=O) groups excluding carboxylic acids is 1. The number of carbonyl (C=O) groups is 1. The molecule has 4 rings (SSSR count). The molecule has 7 heteroatoms. The van der Waals surface area contributed by atoms with Crippen LogP contribution in [0.25, 0.3) is 11.1 Å². The molecule has 5 nitrogen and oxygen atoms in total. The summed E-state index contributed by atoms with van der Waals surface area (Å²) in [6.45, 7) is 0. The van der Waals surface area contributed by atoms with Crippen molar-refractivity contribution in [2.75, 3.05) is 0 Å². The Morgan fingerprint density at radius 3 is 2.65 bits per heavy atom. The molecule has 1 aliphatic rings. The van der Waals surface area contributed by atoms with Gasteiger partial charge in [0, 0.05) is 41.5 Å². The van der Waals surface area contributed by atoms with Gasteiger partial charge in [-0.15, -0.1) is 0 Å². The monoisotopic (exact) mass is 353 g/mol. The third kappa shape index (κ3) is 2.99. The van der Waals surface area contributed by atoms with E-state index < -0.39 is 29.9 Å². The summed E-state index contributed by atoms with van der Waals surface area (Å²) in [6.07, 6.45) is 4.88. The molecule has 0 spiro atoms. The molecule has 0 radical (unpaired) electrons. The van der Waals surface area contributed by atoms with Gasteiger partial charge in [-0.3, -0.25) is 9.97 Å². The van der Waals surface area contributed by atoms with Gasteiger partial charge in [-0.05, 0) is 35.9 Å². The smallest absolute Gasteiger partial charge is 0.408 e. The van der Waals surface area contributed by atoms with Crippen LogP contribution in [0.4, 0.5) is 13.6 Å². The fraction of sp³-hybridized carbons (Fsp3) is 0.105. The molecule has 2 atom stereocenters. The Morgan fingerprint density at radius 2 is 1.85 bits per heavy atom. The highest BCUT2D eigenvalue weighted by Crippen LogP contribution is 2.38. The summed E-state index contributed by atoms with van der Waals surface area (Å²) < 4.78 is 32.9. The Hall–Kier alpha value is -3.35. The van der Waals surface area contributed by atoms with Gasteiger partial charge in [0.2, 0.25) is 0 Å². The maximum atomic E-state index is 14.2. The number of nitrogens with zero attached hydrogens (tertiary/aromatic N) is 2. The van der Waals surface area contributed by atoms with E-state index in [0.29, 0.717) is 5.56 Å². The van der Waals surface area contributed by atoms with Gasteiger partial charge >= 0.3 is 6.09 Å². The number of benzene rings is 1. The van der Waals surface area contributed by atoms with Crippen LogP contribution in [0, 0.1) is 11.6 Å². The zero-order valence-electron chi connectivity index (χ0n) is 13.4. The molecular weight excluding hydrogens is 340 g/mol. The number of nitrogens with one attached hydrogen (secondary N) is 1. The lowest BCUT2D eigenvalue weighted by Crippen LogP contribution is -2.20. The van der Waals surface area contributed by atoms with Gasteiger partial charge in [0.15, 0.2) is 6.10 Å². The summed E-state index contributed by atoms with van der Waals surface area (Å²) in [7, 11) is 0. The summed E-state index contributed by atoms with van der Waals surface area (Å²) in [4.78, 5) is 20.0. The quantitative estimate of drug-likeness (QED) is 0.775. The molecular formula is C19H13F2N3O2. The lowest BCUT2D eigenvalue weighted by atomic mass is 9.95. The van der Waals surface area contributed by atoms with E-state index in [9.17, 15) is 13.6 Å². The zero-order valence-corrected chi connectivity index (χ0v) is 13.4. The first kappa shape index (κ1) is 16.1. The molecule has 26 heavy (non-hydrogen) atoms. The average Bonchev–Trinajstić information content (AvgIpc) is 3.06. The Kier molecular flexibility index (Phi) is 4.04.